The van der Waals surface area contributed by atoms with Gasteiger partial charge in [-0.15, -0.1) is 0 Å². The fraction of sp³-hybridized carbons (Fsp3) is 0.364. The number of rotatable bonds is 3. The van der Waals surface area contributed by atoms with Crippen molar-refractivity contribution in [1.82, 2.24) is 4.90 Å². The molecule has 16 heavy (non-hydrogen) atoms. The quantitative estimate of drug-likeness (QED) is 0.903. The molecular weight excluding hydrogens is 274 g/mol. The molecule has 0 radical (unpaired) electrons. The smallest absolute Gasteiger partial charge is 0.248 e. The number of benzene rings is 1. The summed E-state index contributed by atoms with van der Waals surface area (Å²) in [5, 5.41) is 8.64. The van der Waals surface area contributed by atoms with Gasteiger partial charge in [-0.3, -0.25) is 4.79 Å². The third-order valence-electron chi connectivity index (χ3n) is 2.45. The highest BCUT2D eigenvalue weighted by atomic mass is 79.9. The van der Waals surface area contributed by atoms with Crippen LogP contribution in [-0.4, -0.2) is 41.7 Å². The van der Waals surface area contributed by atoms with Gasteiger partial charge in [-0.2, -0.15) is 0 Å². The first-order chi connectivity index (χ1) is 7.69. The van der Waals surface area contributed by atoms with E-state index < -0.39 is 6.61 Å². The lowest BCUT2D eigenvalue weighted by Gasteiger charge is -2.38. The van der Waals surface area contributed by atoms with Gasteiger partial charge in [-0.05, 0) is 24.3 Å². The normalized spacial score (nSPS) is 15.8. The Labute approximate surface area is 102 Å². The molecule has 86 valence electrons. The summed E-state index contributed by atoms with van der Waals surface area (Å²) in [5.74, 6) is 0.556. The lowest BCUT2D eigenvalue weighted by molar-refractivity contribution is -0.142. The Balaban J connectivity index is 1.81. The topological polar surface area (TPSA) is 49.8 Å². The van der Waals surface area contributed by atoms with Gasteiger partial charge in [0.1, 0.15) is 18.5 Å². The standard InChI is InChI=1S/C11H12BrNO3/c12-8-1-3-9(4-2-8)16-10-5-13(6-10)11(15)7-14/h1-4,10,14H,5-7H2. The third-order valence-corrected chi connectivity index (χ3v) is 2.98. The molecule has 1 amide bonds. The molecule has 1 aliphatic rings. The van der Waals surface area contributed by atoms with Crippen molar-refractivity contribution in [3.8, 4) is 5.75 Å². The van der Waals surface area contributed by atoms with Gasteiger partial charge >= 0.3 is 0 Å². The van der Waals surface area contributed by atoms with Crippen LogP contribution in [0.25, 0.3) is 0 Å². The number of carbonyl (C=O) groups excluding carboxylic acids is 1. The lowest BCUT2D eigenvalue weighted by Crippen LogP contribution is -2.56. The third kappa shape index (κ3) is 2.54. The van der Waals surface area contributed by atoms with Crippen LogP contribution >= 0.6 is 15.9 Å². The minimum Gasteiger partial charge on any atom is -0.487 e. The second-order valence-corrected chi connectivity index (χ2v) is 4.57. The molecule has 0 bridgehead atoms. The number of amides is 1. The molecule has 0 aromatic heterocycles. The van der Waals surface area contributed by atoms with Crippen molar-refractivity contribution in [3.63, 3.8) is 0 Å². The predicted molar refractivity (Wildman–Crippen MR) is 62.2 cm³/mol. The van der Waals surface area contributed by atoms with Gasteiger partial charge in [0.15, 0.2) is 0 Å². The second kappa shape index (κ2) is 4.84. The number of halogens is 1. The van der Waals surface area contributed by atoms with Gasteiger partial charge in [0.25, 0.3) is 0 Å². The van der Waals surface area contributed by atoms with Crippen molar-refractivity contribution in [3.05, 3.63) is 28.7 Å². The van der Waals surface area contributed by atoms with E-state index in [9.17, 15) is 4.79 Å². The van der Waals surface area contributed by atoms with E-state index in [0.29, 0.717) is 13.1 Å². The summed E-state index contributed by atoms with van der Waals surface area (Å²) in [6.07, 6.45) is 0.0386. The van der Waals surface area contributed by atoms with Gasteiger partial charge < -0.3 is 14.7 Å². The summed E-state index contributed by atoms with van der Waals surface area (Å²) in [7, 11) is 0. The van der Waals surface area contributed by atoms with Gasteiger partial charge in [-0.1, -0.05) is 15.9 Å². The fourth-order valence-electron chi connectivity index (χ4n) is 1.52. The van der Waals surface area contributed by atoms with E-state index in [0.717, 1.165) is 10.2 Å². The van der Waals surface area contributed by atoms with Crippen LogP contribution in [-0.2, 0) is 4.79 Å². The molecule has 1 aromatic carbocycles. The molecule has 0 atom stereocenters. The monoisotopic (exact) mass is 285 g/mol. The van der Waals surface area contributed by atoms with E-state index >= 15 is 0 Å². The summed E-state index contributed by atoms with van der Waals surface area (Å²) in [6, 6.07) is 7.57. The largest absolute Gasteiger partial charge is 0.487 e. The zero-order valence-electron chi connectivity index (χ0n) is 8.60. The molecule has 2 rings (SSSR count). The van der Waals surface area contributed by atoms with E-state index in [4.69, 9.17) is 9.84 Å². The zero-order chi connectivity index (χ0) is 11.5. The molecule has 0 spiro atoms. The van der Waals surface area contributed by atoms with Crippen molar-refractivity contribution in [2.24, 2.45) is 0 Å². The Kier molecular flexibility index (Phi) is 3.46. The van der Waals surface area contributed by atoms with Crippen LogP contribution in [0.15, 0.2) is 28.7 Å². The molecule has 0 saturated carbocycles. The minimum atomic E-state index is -0.426. The minimum absolute atomic E-state index is 0.0386. The van der Waals surface area contributed by atoms with E-state index in [1.165, 1.54) is 0 Å². The molecule has 0 unspecified atom stereocenters. The maximum atomic E-state index is 11.1. The number of likely N-dealkylation sites (tertiary alicyclic amines) is 1. The van der Waals surface area contributed by atoms with Crippen LogP contribution in [0.4, 0.5) is 0 Å². The molecule has 4 nitrogen and oxygen atoms in total. The molecule has 1 fully saturated rings. The number of carbonyl (C=O) groups is 1. The van der Waals surface area contributed by atoms with Crippen LogP contribution in [0.5, 0.6) is 5.75 Å². The Bertz CT molecular complexity index is 373. The summed E-state index contributed by atoms with van der Waals surface area (Å²) < 4.78 is 6.64. The fourth-order valence-corrected chi connectivity index (χ4v) is 1.79. The second-order valence-electron chi connectivity index (χ2n) is 3.65. The lowest BCUT2D eigenvalue weighted by atomic mass is 10.1. The van der Waals surface area contributed by atoms with Crippen LogP contribution in [0.2, 0.25) is 0 Å². The molecular formula is C11H12BrNO3. The Morgan fingerprint density at radius 1 is 1.44 bits per heavy atom. The van der Waals surface area contributed by atoms with E-state index in [1.54, 1.807) is 4.90 Å². The summed E-state index contributed by atoms with van der Waals surface area (Å²) >= 11 is 3.34. The summed E-state index contributed by atoms with van der Waals surface area (Å²) in [6.45, 7) is 0.677. The van der Waals surface area contributed by atoms with Crippen molar-refractivity contribution in [2.75, 3.05) is 19.7 Å². The first-order valence-electron chi connectivity index (χ1n) is 5.00. The first kappa shape index (κ1) is 11.4. The Hall–Kier alpha value is -1.07. The Morgan fingerprint density at radius 2 is 2.06 bits per heavy atom. The first-order valence-corrected chi connectivity index (χ1v) is 5.79. The maximum Gasteiger partial charge on any atom is 0.248 e. The average molecular weight is 286 g/mol. The molecule has 5 heteroatoms. The Morgan fingerprint density at radius 3 is 2.62 bits per heavy atom. The van der Waals surface area contributed by atoms with Crippen LogP contribution in [0.3, 0.4) is 0 Å². The van der Waals surface area contributed by atoms with E-state index in [2.05, 4.69) is 15.9 Å². The highest BCUT2D eigenvalue weighted by molar-refractivity contribution is 9.10. The predicted octanol–water partition coefficient (Wildman–Crippen LogP) is 1.03. The van der Waals surface area contributed by atoms with Gasteiger partial charge in [0.2, 0.25) is 5.91 Å². The van der Waals surface area contributed by atoms with Crippen molar-refractivity contribution in [1.29, 1.82) is 0 Å². The molecule has 0 aliphatic carbocycles. The number of aliphatic hydroxyl groups excluding tert-OH is 1. The molecule has 1 saturated heterocycles. The molecule has 1 aliphatic heterocycles. The van der Waals surface area contributed by atoms with E-state index in [1.807, 2.05) is 24.3 Å². The van der Waals surface area contributed by atoms with Gasteiger partial charge in [0.05, 0.1) is 13.1 Å². The average Bonchev–Trinajstić information content (AvgIpc) is 2.24. The van der Waals surface area contributed by atoms with E-state index in [-0.39, 0.29) is 12.0 Å². The number of aliphatic hydroxyl groups is 1. The maximum absolute atomic E-state index is 11.1. The summed E-state index contributed by atoms with van der Waals surface area (Å²) in [5.41, 5.74) is 0. The van der Waals surface area contributed by atoms with Crippen LogP contribution in [0, 0.1) is 0 Å². The van der Waals surface area contributed by atoms with Crippen molar-refractivity contribution >= 4 is 21.8 Å². The highest BCUT2D eigenvalue weighted by Crippen LogP contribution is 2.20. The van der Waals surface area contributed by atoms with Crippen molar-refractivity contribution < 1.29 is 14.6 Å². The van der Waals surface area contributed by atoms with Gasteiger partial charge in [-0.25, -0.2) is 0 Å². The number of ether oxygens (including phenoxy) is 1. The van der Waals surface area contributed by atoms with Gasteiger partial charge in [0, 0.05) is 4.47 Å². The molecule has 1 N–H and O–H groups in total. The number of hydrogen-bond acceptors (Lipinski definition) is 3. The molecule has 1 aromatic rings. The zero-order valence-corrected chi connectivity index (χ0v) is 10.2. The molecule has 1 heterocycles. The number of hydrogen-bond donors (Lipinski definition) is 1. The van der Waals surface area contributed by atoms with Crippen molar-refractivity contribution in [2.45, 2.75) is 6.10 Å². The van der Waals surface area contributed by atoms with Crippen LogP contribution in [0.1, 0.15) is 0 Å². The SMILES string of the molecule is O=C(CO)N1CC(Oc2ccc(Br)cc2)C1. The highest BCUT2D eigenvalue weighted by Gasteiger charge is 2.31. The van der Waals surface area contributed by atoms with Crippen LogP contribution < -0.4 is 4.74 Å². The summed E-state index contributed by atoms with van der Waals surface area (Å²) in [4.78, 5) is 12.6. The number of nitrogens with zero attached hydrogens (tertiary/aromatic N) is 1.